The molecule has 2 atom stereocenters. The van der Waals surface area contributed by atoms with E-state index in [1.165, 1.54) is 0 Å². The van der Waals surface area contributed by atoms with Gasteiger partial charge >= 0.3 is 0 Å². The summed E-state index contributed by atoms with van der Waals surface area (Å²) in [5, 5.41) is 0. The molecule has 7 nitrogen and oxygen atoms in total. The third-order valence-corrected chi connectivity index (χ3v) is 5.24. The van der Waals surface area contributed by atoms with Crippen LogP contribution in [0.15, 0.2) is 42.5 Å². The summed E-state index contributed by atoms with van der Waals surface area (Å²) in [7, 11) is 1.64. The quantitative estimate of drug-likeness (QED) is 0.700. The van der Waals surface area contributed by atoms with Gasteiger partial charge in [-0.1, -0.05) is 18.2 Å². The molecule has 0 saturated carbocycles. The van der Waals surface area contributed by atoms with Gasteiger partial charge in [0.2, 0.25) is 0 Å². The largest absolute Gasteiger partial charge is 0.497 e. The van der Waals surface area contributed by atoms with Crippen molar-refractivity contribution in [2.45, 2.75) is 51.1 Å². The maximum atomic E-state index is 12.4. The number of hydrogen-bond acceptors (Lipinski definition) is 6. The topological polar surface area (TPSA) is 75.3 Å². The monoisotopic (exact) mass is 413 g/mol. The summed E-state index contributed by atoms with van der Waals surface area (Å²) in [6.45, 7) is 1.07. The van der Waals surface area contributed by atoms with Crippen molar-refractivity contribution in [2.75, 3.05) is 13.7 Å². The molecule has 0 aromatic heterocycles. The molecule has 4 rings (SSSR count). The van der Waals surface area contributed by atoms with Crippen molar-refractivity contribution in [3.63, 3.8) is 0 Å². The Morgan fingerprint density at radius 2 is 2.07 bits per heavy atom. The second-order valence-electron chi connectivity index (χ2n) is 7.44. The van der Waals surface area contributed by atoms with Crippen LogP contribution in [0.5, 0.6) is 17.2 Å². The highest BCUT2D eigenvalue weighted by atomic mass is 16.8. The van der Waals surface area contributed by atoms with E-state index in [0.717, 1.165) is 42.6 Å². The van der Waals surface area contributed by atoms with E-state index in [1.54, 1.807) is 7.11 Å². The summed E-state index contributed by atoms with van der Waals surface area (Å²) in [6.07, 6.45) is 3.21. The third kappa shape index (κ3) is 5.23. The molecule has 1 amide bonds. The Balaban J connectivity index is 1.32. The first kappa shape index (κ1) is 20.5. The molecule has 1 fully saturated rings. The van der Waals surface area contributed by atoms with Crippen LogP contribution in [0.2, 0.25) is 0 Å². The molecule has 2 unspecified atom stereocenters. The Labute approximate surface area is 176 Å². The molecule has 160 valence electrons. The highest BCUT2D eigenvalue weighted by Gasteiger charge is 2.27. The van der Waals surface area contributed by atoms with Gasteiger partial charge in [-0.15, -0.1) is 0 Å². The van der Waals surface area contributed by atoms with Crippen molar-refractivity contribution in [1.29, 1.82) is 0 Å². The van der Waals surface area contributed by atoms with Crippen LogP contribution < -0.4 is 19.7 Å². The average molecular weight is 413 g/mol. The Morgan fingerprint density at radius 3 is 2.90 bits per heavy atom. The van der Waals surface area contributed by atoms with E-state index in [9.17, 15) is 4.79 Å². The van der Waals surface area contributed by atoms with Gasteiger partial charge < -0.3 is 18.9 Å². The van der Waals surface area contributed by atoms with Crippen LogP contribution in [0.3, 0.4) is 0 Å². The molecular weight excluding hydrogens is 386 g/mol. The molecule has 0 aliphatic carbocycles. The van der Waals surface area contributed by atoms with Gasteiger partial charge in [-0.25, -0.2) is 10.3 Å². The normalized spacial score (nSPS) is 20.6. The molecule has 0 radical (unpaired) electrons. The number of hydroxylamine groups is 1. The number of hydrogen-bond donors (Lipinski definition) is 1. The van der Waals surface area contributed by atoms with Crippen molar-refractivity contribution >= 4 is 5.91 Å². The van der Waals surface area contributed by atoms with Crippen LogP contribution in [0, 0.1) is 0 Å². The van der Waals surface area contributed by atoms with Gasteiger partial charge in [0.1, 0.15) is 23.9 Å². The number of nitrogens with one attached hydrogen (secondary N) is 1. The molecule has 2 heterocycles. The Kier molecular flexibility index (Phi) is 6.71. The van der Waals surface area contributed by atoms with Gasteiger partial charge in [0.25, 0.3) is 5.91 Å². The lowest BCUT2D eigenvalue weighted by Crippen LogP contribution is -2.42. The molecule has 0 spiro atoms. The fourth-order valence-corrected chi connectivity index (χ4v) is 3.55. The Hall–Kier alpha value is -2.77. The summed E-state index contributed by atoms with van der Waals surface area (Å²) in [5.74, 6) is 1.85. The van der Waals surface area contributed by atoms with Crippen LogP contribution >= 0.6 is 0 Å². The first-order valence-corrected chi connectivity index (χ1v) is 10.3. The van der Waals surface area contributed by atoms with Gasteiger partial charge in [-0.2, -0.15) is 0 Å². The second kappa shape index (κ2) is 9.82. The number of ether oxygens (including phenoxy) is 4. The van der Waals surface area contributed by atoms with E-state index in [1.807, 2.05) is 42.5 Å². The summed E-state index contributed by atoms with van der Waals surface area (Å²) in [4.78, 5) is 17.8. The SMILES string of the molecule is COc1cccc(COc2ccc3c(c2)OC(C(=O)NOC2CCCCO2)CC3)c1. The van der Waals surface area contributed by atoms with E-state index in [0.29, 0.717) is 31.1 Å². The maximum absolute atomic E-state index is 12.4. The van der Waals surface area contributed by atoms with E-state index < -0.39 is 6.10 Å². The highest BCUT2D eigenvalue weighted by molar-refractivity contribution is 5.80. The summed E-state index contributed by atoms with van der Waals surface area (Å²) < 4.78 is 22.5. The fourth-order valence-electron chi connectivity index (χ4n) is 3.55. The van der Waals surface area contributed by atoms with E-state index in [4.69, 9.17) is 23.8 Å². The lowest BCUT2D eigenvalue weighted by Gasteiger charge is -2.27. The standard InChI is InChI=1S/C23H27NO6/c1-26-18-6-4-5-16(13-18)15-28-19-10-8-17-9-11-20(29-21(17)14-19)23(25)24-30-22-7-2-3-12-27-22/h4-6,8,10,13-14,20,22H,2-3,7,9,11-12,15H2,1H3,(H,24,25). The minimum absolute atomic E-state index is 0.294. The zero-order chi connectivity index (χ0) is 20.8. The van der Waals surface area contributed by atoms with Gasteiger partial charge in [0.15, 0.2) is 12.4 Å². The highest BCUT2D eigenvalue weighted by Crippen LogP contribution is 2.32. The van der Waals surface area contributed by atoms with Crippen LogP contribution in [0.4, 0.5) is 0 Å². The number of fused-ring (bicyclic) bond motifs is 1. The number of amides is 1. The van der Waals surface area contributed by atoms with E-state index in [-0.39, 0.29) is 12.2 Å². The molecule has 2 aromatic carbocycles. The predicted molar refractivity (Wildman–Crippen MR) is 109 cm³/mol. The fraction of sp³-hybridized carbons (Fsp3) is 0.435. The molecule has 2 aromatic rings. The van der Waals surface area contributed by atoms with Gasteiger partial charge in [0, 0.05) is 19.1 Å². The maximum Gasteiger partial charge on any atom is 0.284 e. The van der Waals surface area contributed by atoms with E-state index in [2.05, 4.69) is 5.48 Å². The Morgan fingerprint density at radius 1 is 1.13 bits per heavy atom. The second-order valence-corrected chi connectivity index (χ2v) is 7.44. The molecule has 2 aliphatic rings. The third-order valence-electron chi connectivity index (χ3n) is 5.24. The number of rotatable bonds is 7. The first-order valence-electron chi connectivity index (χ1n) is 10.3. The number of carbonyl (C=O) groups is 1. The number of carbonyl (C=O) groups excluding carboxylic acids is 1. The number of benzene rings is 2. The zero-order valence-electron chi connectivity index (χ0n) is 17.1. The van der Waals surface area contributed by atoms with Crippen molar-refractivity contribution < 1.29 is 28.6 Å². The Bertz CT molecular complexity index is 865. The van der Waals surface area contributed by atoms with Crippen molar-refractivity contribution in [3.8, 4) is 17.2 Å². The van der Waals surface area contributed by atoms with Crippen molar-refractivity contribution in [1.82, 2.24) is 5.48 Å². The molecule has 1 saturated heterocycles. The van der Waals surface area contributed by atoms with Crippen LogP contribution in [-0.2, 0) is 27.4 Å². The summed E-state index contributed by atoms with van der Waals surface area (Å²) >= 11 is 0. The molecule has 2 aliphatic heterocycles. The average Bonchev–Trinajstić information content (AvgIpc) is 2.81. The molecule has 1 N–H and O–H groups in total. The number of methoxy groups -OCH3 is 1. The predicted octanol–water partition coefficient (Wildman–Crippen LogP) is 3.54. The van der Waals surface area contributed by atoms with Gasteiger partial charge in [-0.3, -0.25) is 4.79 Å². The van der Waals surface area contributed by atoms with Crippen LogP contribution in [-0.4, -0.2) is 32.0 Å². The minimum Gasteiger partial charge on any atom is -0.497 e. The zero-order valence-corrected chi connectivity index (χ0v) is 17.1. The molecule has 0 bridgehead atoms. The summed E-state index contributed by atoms with van der Waals surface area (Å²) in [5.41, 5.74) is 4.56. The van der Waals surface area contributed by atoms with Gasteiger partial charge in [0.05, 0.1) is 7.11 Å². The van der Waals surface area contributed by atoms with Crippen LogP contribution in [0.1, 0.15) is 36.8 Å². The first-order chi connectivity index (χ1) is 14.7. The lowest BCUT2D eigenvalue weighted by molar-refractivity contribution is -0.203. The summed E-state index contributed by atoms with van der Waals surface area (Å²) in [6, 6.07) is 13.5. The molecule has 30 heavy (non-hydrogen) atoms. The smallest absolute Gasteiger partial charge is 0.284 e. The minimum atomic E-state index is -0.602. The lowest BCUT2D eigenvalue weighted by atomic mass is 10.0. The van der Waals surface area contributed by atoms with Crippen LogP contribution in [0.25, 0.3) is 0 Å². The number of aryl methyl sites for hydroxylation is 1. The molecule has 7 heteroatoms. The van der Waals surface area contributed by atoms with Crippen molar-refractivity contribution in [3.05, 3.63) is 53.6 Å². The molecular formula is C23H27NO6. The van der Waals surface area contributed by atoms with Gasteiger partial charge in [-0.05, 0) is 55.0 Å². The van der Waals surface area contributed by atoms with Crippen molar-refractivity contribution in [2.24, 2.45) is 0 Å². The van der Waals surface area contributed by atoms with E-state index >= 15 is 0 Å².